The number of hydrogen-bond donors (Lipinski definition) is 0. The molecule has 6 nitrogen and oxygen atoms in total. The molecule has 0 bridgehead atoms. The van der Waals surface area contributed by atoms with E-state index < -0.39 is 0 Å². The topological polar surface area (TPSA) is 62.7 Å². The van der Waals surface area contributed by atoms with E-state index in [1.807, 2.05) is 61.2 Å². The molecule has 2 saturated heterocycles. The van der Waals surface area contributed by atoms with Crippen molar-refractivity contribution >= 4 is 17.5 Å². The van der Waals surface area contributed by atoms with Crippen LogP contribution in [0, 0.1) is 19.8 Å². The minimum absolute atomic E-state index is 0.0122. The van der Waals surface area contributed by atoms with E-state index in [0.717, 1.165) is 23.4 Å². The van der Waals surface area contributed by atoms with E-state index >= 15 is 0 Å². The Kier molecular flexibility index (Phi) is 5.03. The van der Waals surface area contributed by atoms with Gasteiger partial charge < -0.3 is 14.5 Å². The summed E-state index contributed by atoms with van der Waals surface area (Å²) >= 11 is 0. The smallest absolute Gasteiger partial charge is 0.228 e. The van der Waals surface area contributed by atoms with Crippen LogP contribution >= 0.6 is 0 Å². The van der Waals surface area contributed by atoms with Gasteiger partial charge in [0.05, 0.1) is 12.5 Å². The molecule has 2 aromatic rings. The van der Waals surface area contributed by atoms with Crippen molar-refractivity contribution in [1.29, 1.82) is 0 Å². The van der Waals surface area contributed by atoms with Gasteiger partial charge in [0.15, 0.2) is 0 Å². The van der Waals surface area contributed by atoms with Gasteiger partial charge in [-0.2, -0.15) is 0 Å². The summed E-state index contributed by atoms with van der Waals surface area (Å²) in [6.45, 7) is 5.59. The van der Waals surface area contributed by atoms with Gasteiger partial charge in [-0.05, 0) is 32.0 Å². The molecule has 0 spiro atoms. The molecule has 1 aromatic heterocycles. The average Bonchev–Trinajstić information content (AvgIpc) is 3.29. The molecule has 3 heterocycles. The Morgan fingerprint density at radius 2 is 1.89 bits per heavy atom. The normalized spacial score (nSPS) is 22.0. The van der Waals surface area contributed by atoms with Gasteiger partial charge in [-0.15, -0.1) is 0 Å². The zero-order valence-corrected chi connectivity index (χ0v) is 16.3. The first-order valence-electron chi connectivity index (χ1n) is 9.76. The fourth-order valence-electron chi connectivity index (χ4n) is 3.88. The number of amides is 2. The van der Waals surface area contributed by atoms with Gasteiger partial charge in [-0.25, -0.2) is 4.98 Å². The lowest BCUT2D eigenvalue weighted by molar-refractivity contribution is -0.135. The third-order valence-electron chi connectivity index (χ3n) is 5.43. The predicted molar refractivity (Wildman–Crippen MR) is 106 cm³/mol. The number of benzene rings is 1. The average molecular weight is 379 g/mol. The fraction of sp³-hybridized carbons (Fsp3) is 0.409. The highest BCUT2D eigenvalue weighted by Gasteiger charge is 2.39. The third-order valence-corrected chi connectivity index (χ3v) is 5.43. The number of anilines is 1. The first-order valence-corrected chi connectivity index (χ1v) is 9.76. The lowest BCUT2D eigenvalue weighted by Crippen LogP contribution is -2.37. The highest BCUT2D eigenvalue weighted by Crippen LogP contribution is 2.28. The van der Waals surface area contributed by atoms with Crippen LogP contribution in [-0.4, -0.2) is 47.4 Å². The zero-order valence-electron chi connectivity index (χ0n) is 16.3. The Labute approximate surface area is 165 Å². The summed E-state index contributed by atoms with van der Waals surface area (Å²) < 4.78 is 5.94. The van der Waals surface area contributed by atoms with Crippen molar-refractivity contribution in [1.82, 2.24) is 9.88 Å². The molecule has 28 heavy (non-hydrogen) atoms. The Hall–Kier alpha value is -2.89. The summed E-state index contributed by atoms with van der Waals surface area (Å²) in [6, 6.07) is 13.5. The minimum Gasteiger partial charge on any atom is -0.472 e. The summed E-state index contributed by atoms with van der Waals surface area (Å²) in [5, 5.41) is 0. The van der Waals surface area contributed by atoms with Crippen LogP contribution in [0.2, 0.25) is 0 Å². The van der Waals surface area contributed by atoms with Crippen molar-refractivity contribution in [3.8, 4) is 5.88 Å². The number of aromatic nitrogens is 1. The lowest BCUT2D eigenvalue weighted by atomic mass is 10.1. The number of carbonyl (C=O) groups excluding carboxylic acids is 2. The molecular weight excluding hydrogens is 354 g/mol. The first kappa shape index (κ1) is 18.5. The Balaban J connectivity index is 1.36. The second-order valence-electron chi connectivity index (χ2n) is 7.67. The molecule has 146 valence electrons. The number of pyridine rings is 1. The maximum absolute atomic E-state index is 13.0. The minimum atomic E-state index is -0.287. The monoisotopic (exact) mass is 379 g/mol. The number of carbonyl (C=O) groups is 2. The number of nitrogens with zero attached hydrogens (tertiary/aromatic N) is 3. The summed E-state index contributed by atoms with van der Waals surface area (Å²) in [5.74, 6) is 0.370. The molecule has 0 N–H and O–H groups in total. The van der Waals surface area contributed by atoms with Crippen LogP contribution in [0.1, 0.15) is 24.1 Å². The van der Waals surface area contributed by atoms with Crippen molar-refractivity contribution < 1.29 is 14.3 Å². The van der Waals surface area contributed by atoms with Gasteiger partial charge in [0, 0.05) is 43.4 Å². The van der Waals surface area contributed by atoms with Crippen LogP contribution in [0.5, 0.6) is 5.88 Å². The van der Waals surface area contributed by atoms with E-state index in [1.165, 1.54) is 0 Å². The molecule has 2 fully saturated rings. The summed E-state index contributed by atoms with van der Waals surface area (Å²) in [7, 11) is 0. The largest absolute Gasteiger partial charge is 0.472 e. The molecule has 0 saturated carbocycles. The summed E-state index contributed by atoms with van der Waals surface area (Å²) in [5.41, 5.74) is 2.91. The Bertz CT molecular complexity index is 881. The SMILES string of the molecule is Cc1ccc(N2CC(C(=O)N3CCC(Oc4cccc(C)n4)C3)CC2=O)cc1. The number of aryl methyl sites for hydroxylation is 2. The van der Waals surface area contributed by atoms with Crippen molar-refractivity contribution in [2.45, 2.75) is 32.8 Å². The number of likely N-dealkylation sites (tertiary alicyclic amines) is 1. The molecule has 0 radical (unpaired) electrons. The van der Waals surface area contributed by atoms with Crippen LogP contribution in [0.3, 0.4) is 0 Å². The molecule has 4 rings (SSSR count). The number of ether oxygens (including phenoxy) is 1. The van der Waals surface area contributed by atoms with Crippen LogP contribution < -0.4 is 9.64 Å². The van der Waals surface area contributed by atoms with E-state index in [4.69, 9.17) is 4.74 Å². The van der Waals surface area contributed by atoms with Crippen LogP contribution in [-0.2, 0) is 9.59 Å². The quantitative estimate of drug-likeness (QED) is 0.819. The zero-order chi connectivity index (χ0) is 19.7. The fourth-order valence-corrected chi connectivity index (χ4v) is 3.88. The van der Waals surface area contributed by atoms with Crippen LogP contribution in [0.4, 0.5) is 5.69 Å². The third kappa shape index (κ3) is 3.86. The highest BCUT2D eigenvalue weighted by atomic mass is 16.5. The summed E-state index contributed by atoms with van der Waals surface area (Å²) in [4.78, 5) is 33.3. The lowest BCUT2D eigenvalue weighted by Gasteiger charge is -2.21. The number of rotatable bonds is 4. The molecule has 2 amide bonds. The van der Waals surface area contributed by atoms with Gasteiger partial charge in [-0.3, -0.25) is 9.59 Å². The molecule has 2 unspecified atom stereocenters. The maximum Gasteiger partial charge on any atom is 0.228 e. The molecule has 0 aliphatic carbocycles. The Morgan fingerprint density at radius 3 is 2.64 bits per heavy atom. The van der Waals surface area contributed by atoms with Crippen molar-refractivity contribution in [2.24, 2.45) is 5.92 Å². The summed E-state index contributed by atoms with van der Waals surface area (Å²) in [6.07, 6.45) is 1.00. The van der Waals surface area contributed by atoms with Gasteiger partial charge in [0.1, 0.15) is 6.10 Å². The van der Waals surface area contributed by atoms with E-state index in [-0.39, 0.29) is 30.3 Å². The van der Waals surface area contributed by atoms with Crippen molar-refractivity contribution in [2.75, 3.05) is 24.5 Å². The van der Waals surface area contributed by atoms with Crippen molar-refractivity contribution in [3.05, 3.63) is 53.7 Å². The Morgan fingerprint density at radius 1 is 1.11 bits per heavy atom. The highest BCUT2D eigenvalue weighted by molar-refractivity contribution is 6.00. The van der Waals surface area contributed by atoms with E-state index in [9.17, 15) is 9.59 Å². The van der Waals surface area contributed by atoms with Gasteiger partial charge in [-0.1, -0.05) is 23.8 Å². The van der Waals surface area contributed by atoms with Gasteiger partial charge in [0.25, 0.3) is 0 Å². The standard InChI is InChI=1S/C22H25N3O3/c1-15-6-8-18(9-7-15)25-13-17(12-21(25)26)22(27)24-11-10-19(14-24)28-20-5-3-4-16(2)23-20/h3-9,17,19H,10-14H2,1-2H3. The molecular formula is C22H25N3O3. The second-order valence-corrected chi connectivity index (χ2v) is 7.67. The van der Waals surface area contributed by atoms with E-state index in [0.29, 0.717) is 25.5 Å². The first-order chi connectivity index (χ1) is 13.5. The maximum atomic E-state index is 13.0. The molecule has 6 heteroatoms. The van der Waals surface area contributed by atoms with Gasteiger partial charge >= 0.3 is 0 Å². The number of hydrogen-bond acceptors (Lipinski definition) is 4. The second kappa shape index (κ2) is 7.62. The van der Waals surface area contributed by atoms with Gasteiger partial charge in [0.2, 0.25) is 17.7 Å². The molecule has 2 aliphatic heterocycles. The van der Waals surface area contributed by atoms with Crippen LogP contribution in [0.25, 0.3) is 0 Å². The molecule has 2 atom stereocenters. The van der Waals surface area contributed by atoms with E-state index in [1.54, 1.807) is 4.90 Å². The predicted octanol–water partition coefficient (Wildman–Crippen LogP) is 2.73. The van der Waals surface area contributed by atoms with Crippen LogP contribution in [0.15, 0.2) is 42.5 Å². The molecule has 2 aliphatic rings. The van der Waals surface area contributed by atoms with Crippen molar-refractivity contribution in [3.63, 3.8) is 0 Å². The molecule has 1 aromatic carbocycles. The van der Waals surface area contributed by atoms with E-state index in [2.05, 4.69) is 4.98 Å².